The number of ether oxygens (including phenoxy) is 1. The molecule has 1 heterocycles. The molecule has 0 radical (unpaired) electrons. The summed E-state index contributed by atoms with van der Waals surface area (Å²) in [7, 11) is -5.37. The Morgan fingerprint density at radius 3 is 2.11 bits per heavy atom. The van der Waals surface area contributed by atoms with E-state index >= 15 is 0 Å². The minimum absolute atomic E-state index is 0.119. The Balaban J connectivity index is 2.43. The van der Waals surface area contributed by atoms with Gasteiger partial charge in [-0.15, -0.1) is 0 Å². The maximum Gasteiger partial charge on any atom is 0.534 e. The zero-order valence-corrected chi connectivity index (χ0v) is 15.7. The number of piperidine rings is 1. The van der Waals surface area contributed by atoms with Crippen LogP contribution in [0, 0.1) is 0 Å². The van der Waals surface area contributed by atoms with Gasteiger partial charge in [0.05, 0.1) is 7.11 Å². The molecule has 1 aliphatic rings. The van der Waals surface area contributed by atoms with Crippen molar-refractivity contribution in [1.29, 1.82) is 0 Å². The monoisotopic (exact) mass is 435 g/mol. The van der Waals surface area contributed by atoms with Crippen molar-refractivity contribution in [3.05, 3.63) is 23.3 Å². The van der Waals surface area contributed by atoms with Crippen LogP contribution in [0.5, 0.6) is 11.5 Å². The van der Waals surface area contributed by atoms with Gasteiger partial charge >= 0.3 is 21.8 Å². The third-order valence-corrected chi connectivity index (χ3v) is 5.28. The van der Waals surface area contributed by atoms with Gasteiger partial charge in [-0.1, -0.05) is 12.5 Å². The highest BCUT2D eigenvalue weighted by atomic mass is 32.2. The molecule has 0 spiro atoms. The molecule has 28 heavy (non-hydrogen) atoms. The van der Waals surface area contributed by atoms with Crippen molar-refractivity contribution in [2.75, 3.05) is 26.7 Å². The van der Waals surface area contributed by atoms with E-state index < -0.39 is 38.9 Å². The standard InChI is InChI=1S/C16H19F6NO4S/c1-26-13-11(7-10-23-8-3-2-4-9-23)5-6-12(15(17,18)19)14(13)27-28(24,25)16(20,21)22/h5-6H,2-4,7-10H2,1H3. The normalized spacial score (nSPS) is 16.8. The van der Waals surface area contributed by atoms with Crippen molar-refractivity contribution < 1.29 is 43.7 Å². The molecule has 12 heteroatoms. The third kappa shape index (κ3) is 5.22. The number of hydrogen-bond acceptors (Lipinski definition) is 5. The van der Waals surface area contributed by atoms with Gasteiger partial charge in [-0.05, 0) is 44.0 Å². The van der Waals surface area contributed by atoms with Crippen molar-refractivity contribution in [1.82, 2.24) is 4.90 Å². The van der Waals surface area contributed by atoms with Crippen LogP contribution in [0.2, 0.25) is 0 Å². The summed E-state index contributed by atoms with van der Waals surface area (Å²) in [5.74, 6) is -2.19. The second-order valence-electron chi connectivity index (χ2n) is 6.27. The highest BCUT2D eigenvalue weighted by molar-refractivity contribution is 7.88. The first kappa shape index (κ1) is 22.6. The van der Waals surface area contributed by atoms with Crippen molar-refractivity contribution in [2.45, 2.75) is 37.4 Å². The average Bonchev–Trinajstić information content (AvgIpc) is 2.58. The van der Waals surface area contributed by atoms with Gasteiger partial charge < -0.3 is 13.8 Å². The zero-order chi connectivity index (χ0) is 21.2. The minimum atomic E-state index is -6.31. The lowest BCUT2D eigenvalue weighted by atomic mass is 10.0. The van der Waals surface area contributed by atoms with E-state index in [1.807, 2.05) is 0 Å². The van der Waals surface area contributed by atoms with Crippen molar-refractivity contribution in [3.63, 3.8) is 0 Å². The first-order valence-electron chi connectivity index (χ1n) is 8.37. The molecule has 0 aliphatic carbocycles. The lowest BCUT2D eigenvalue weighted by Gasteiger charge is -2.27. The van der Waals surface area contributed by atoms with Crippen molar-refractivity contribution >= 4 is 10.1 Å². The van der Waals surface area contributed by atoms with E-state index in [1.54, 1.807) is 0 Å². The molecule has 0 aromatic heterocycles. The van der Waals surface area contributed by atoms with Crippen molar-refractivity contribution in [2.24, 2.45) is 0 Å². The van der Waals surface area contributed by atoms with E-state index in [1.165, 1.54) is 0 Å². The van der Waals surface area contributed by atoms with E-state index in [2.05, 4.69) is 9.08 Å². The van der Waals surface area contributed by atoms with Crippen LogP contribution in [0.1, 0.15) is 30.4 Å². The number of hydrogen-bond donors (Lipinski definition) is 0. The highest BCUT2D eigenvalue weighted by Crippen LogP contribution is 2.45. The van der Waals surface area contributed by atoms with Crippen LogP contribution in [0.3, 0.4) is 0 Å². The number of methoxy groups -OCH3 is 1. The molecule has 0 N–H and O–H groups in total. The summed E-state index contributed by atoms with van der Waals surface area (Å²) in [6, 6.07) is 1.55. The lowest BCUT2D eigenvalue weighted by molar-refractivity contribution is -0.138. The summed E-state index contributed by atoms with van der Waals surface area (Å²) in [6.07, 6.45) is -1.96. The summed E-state index contributed by atoms with van der Waals surface area (Å²) in [5.41, 5.74) is -7.43. The molecule has 1 aliphatic heterocycles. The number of likely N-dealkylation sites (tertiary alicyclic amines) is 1. The van der Waals surface area contributed by atoms with Crippen LogP contribution < -0.4 is 8.92 Å². The number of benzene rings is 1. The summed E-state index contributed by atoms with van der Waals surface area (Å²) in [5, 5.41) is 0. The lowest BCUT2D eigenvalue weighted by Crippen LogP contribution is -2.31. The molecule has 1 fully saturated rings. The fraction of sp³-hybridized carbons (Fsp3) is 0.625. The Morgan fingerprint density at radius 1 is 1.00 bits per heavy atom. The van der Waals surface area contributed by atoms with Crippen molar-refractivity contribution in [3.8, 4) is 11.5 Å². The van der Waals surface area contributed by atoms with Crippen LogP contribution in [0.4, 0.5) is 26.3 Å². The Bertz CT molecular complexity index is 786. The van der Waals surface area contributed by atoms with E-state index in [9.17, 15) is 34.8 Å². The fourth-order valence-corrected chi connectivity index (χ4v) is 3.43. The maximum absolute atomic E-state index is 13.2. The predicted octanol–water partition coefficient (Wildman–Crippen LogP) is 3.97. The van der Waals surface area contributed by atoms with E-state index in [0.717, 1.165) is 45.5 Å². The van der Waals surface area contributed by atoms with E-state index in [4.69, 9.17) is 4.74 Å². The van der Waals surface area contributed by atoms with Gasteiger partial charge in [0.2, 0.25) is 0 Å². The summed E-state index contributed by atoms with van der Waals surface area (Å²) in [4.78, 5) is 2.06. The zero-order valence-electron chi connectivity index (χ0n) is 14.9. The number of alkyl halides is 6. The van der Waals surface area contributed by atoms with Crippen LogP contribution in [0.15, 0.2) is 12.1 Å². The SMILES string of the molecule is COc1c(CCN2CCCCC2)ccc(C(F)(F)F)c1OS(=O)(=O)C(F)(F)F. The quantitative estimate of drug-likeness (QED) is 0.385. The summed E-state index contributed by atoms with van der Waals surface area (Å²) in [6.45, 7) is 2.04. The fourth-order valence-electron chi connectivity index (χ4n) is 2.95. The Hall–Kier alpha value is -1.69. The number of halogens is 6. The molecular formula is C16H19F6NO4S. The molecule has 1 aromatic carbocycles. The molecule has 0 unspecified atom stereocenters. The minimum Gasteiger partial charge on any atom is -0.492 e. The molecule has 0 saturated carbocycles. The first-order chi connectivity index (χ1) is 12.9. The van der Waals surface area contributed by atoms with Gasteiger partial charge in [0.1, 0.15) is 5.56 Å². The van der Waals surface area contributed by atoms with Gasteiger partial charge in [-0.2, -0.15) is 34.8 Å². The maximum atomic E-state index is 13.2. The molecule has 1 saturated heterocycles. The summed E-state index contributed by atoms with van der Waals surface area (Å²) >= 11 is 0. The van der Waals surface area contributed by atoms with Crippen LogP contribution >= 0.6 is 0 Å². The molecule has 1 aromatic rings. The smallest absolute Gasteiger partial charge is 0.492 e. The second-order valence-corrected chi connectivity index (χ2v) is 7.81. The van der Waals surface area contributed by atoms with E-state index in [0.29, 0.717) is 12.6 Å². The molecule has 0 amide bonds. The molecule has 2 rings (SSSR count). The largest absolute Gasteiger partial charge is 0.534 e. The van der Waals surface area contributed by atoms with Gasteiger partial charge in [0.25, 0.3) is 0 Å². The Kier molecular flexibility index (Phi) is 6.74. The molecule has 0 bridgehead atoms. The Morgan fingerprint density at radius 2 is 1.61 bits per heavy atom. The molecule has 5 nitrogen and oxygen atoms in total. The number of nitrogens with zero attached hydrogens (tertiary/aromatic N) is 1. The predicted molar refractivity (Wildman–Crippen MR) is 87.6 cm³/mol. The highest BCUT2D eigenvalue weighted by Gasteiger charge is 2.50. The molecule has 0 atom stereocenters. The number of rotatable bonds is 6. The van der Waals surface area contributed by atoms with Crippen LogP contribution in [-0.4, -0.2) is 45.6 Å². The van der Waals surface area contributed by atoms with Crippen LogP contribution in [-0.2, 0) is 22.7 Å². The molecular weight excluding hydrogens is 416 g/mol. The van der Waals surface area contributed by atoms with Gasteiger partial charge in [0, 0.05) is 6.54 Å². The first-order valence-corrected chi connectivity index (χ1v) is 9.78. The van der Waals surface area contributed by atoms with Gasteiger partial charge in [-0.25, -0.2) is 0 Å². The average molecular weight is 435 g/mol. The molecule has 160 valence electrons. The second kappa shape index (κ2) is 8.36. The van der Waals surface area contributed by atoms with E-state index in [-0.39, 0.29) is 12.0 Å². The van der Waals surface area contributed by atoms with Gasteiger partial charge in [-0.3, -0.25) is 0 Å². The van der Waals surface area contributed by atoms with Gasteiger partial charge in [0.15, 0.2) is 11.5 Å². The topological polar surface area (TPSA) is 55.8 Å². The summed E-state index contributed by atoms with van der Waals surface area (Å²) < 4.78 is 109. The third-order valence-electron chi connectivity index (χ3n) is 4.33. The van der Waals surface area contributed by atoms with Crippen LogP contribution in [0.25, 0.3) is 0 Å². The Labute approximate surface area is 158 Å².